The number of nitrogen functional groups attached to an aromatic ring is 1. The van der Waals surface area contributed by atoms with Gasteiger partial charge in [0, 0.05) is 61.9 Å². The average Bonchev–Trinajstić information content (AvgIpc) is 3.49. The van der Waals surface area contributed by atoms with Crippen molar-refractivity contribution in [2.45, 2.75) is 6.18 Å². The first-order valence-electron chi connectivity index (χ1n) is 11.5. The smallest absolute Gasteiger partial charge is 0.393 e. The van der Waals surface area contributed by atoms with E-state index in [0.717, 1.165) is 11.3 Å². The molecule has 0 radical (unpaired) electrons. The van der Waals surface area contributed by atoms with E-state index in [9.17, 15) is 18.3 Å². The van der Waals surface area contributed by atoms with Gasteiger partial charge in [0.15, 0.2) is 5.82 Å². The number of pyridine rings is 1. The predicted octanol–water partition coefficient (Wildman–Crippen LogP) is 3.27. The maximum absolute atomic E-state index is 13.3. The van der Waals surface area contributed by atoms with Crippen LogP contribution in [0, 0.1) is 11.8 Å². The number of nitrogens with zero attached hydrogens (tertiary/aromatic N) is 7. The van der Waals surface area contributed by atoms with E-state index < -0.39 is 24.6 Å². The Morgan fingerprint density at radius 2 is 1.78 bits per heavy atom. The average molecular weight is 512 g/mol. The topological polar surface area (TPSA) is 131 Å². The molecule has 2 atom stereocenters. The molecular formula is C24H24F3N9O. The van der Waals surface area contributed by atoms with Gasteiger partial charge in [0.05, 0.1) is 11.6 Å². The normalized spacial score (nSPS) is 17.8. The standard InChI is InChI=1S/C24H24F3N9O/c1-35-23(31-17-5-2-14(3-6-17)19-8-9-29-22(28)32-19)33-21(34-35)15-4-7-20(30-10-15)36-11-16(13-37)18(12-36)24(25,26)27/h2-10,16,18,37H,11-13H2,1H3,(H2,28,29,32)(H,31,33,34)/t16-,18+/m1/s1. The molecule has 1 aliphatic rings. The molecule has 10 nitrogen and oxygen atoms in total. The molecule has 13 heteroatoms. The van der Waals surface area contributed by atoms with E-state index in [-0.39, 0.29) is 19.0 Å². The number of benzene rings is 1. The molecule has 37 heavy (non-hydrogen) atoms. The fourth-order valence-electron chi connectivity index (χ4n) is 4.32. The monoisotopic (exact) mass is 511 g/mol. The molecule has 1 aromatic carbocycles. The van der Waals surface area contributed by atoms with Gasteiger partial charge >= 0.3 is 6.18 Å². The van der Waals surface area contributed by atoms with Gasteiger partial charge in [0.1, 0.15) is 5.82 Å². The number of halogens is 3. The Bertz CT molecular complexity index is 1370. The van der Waals surface area contributed by atoms with Crippen LogP contribution in [-0.4, -0.2) is 60.7 Å². The van der Waals surface area contributed by atoms with Crippen LogP contribution in [0.3, 0.4) is 0 Å². The Balaban J connectivity index is 1.28. The number of aryl methyl sites for hydroxylation is 1. The van der Waals surface area contributed by atoms with Gasteiger partial charge in [0.25, 0.3) is 0 Å². The number of aliphatic hydroxyl groups is 1. The van der Waals surface area contributed by atoms with Gasteiger partial charge in [-0.25, -0.2) is 19.6 Å². The summed E-state index contributed by atoms with van der Waals surface area (Å²) in [4.78, 5) is 18.5. The molecule has 4 N–H and O–H groups in total. The summed E-state index contributed by atoms with van der Waals surface area (Å²) in [5, 5.41) is 17.0. The number of hydrogen-bond donors (Lipinski definition) is 3. The Labute approximate surface area is 210 Å². The number of aromatic nitrogens is 6. The van der Waals surface area contributed by atoms with Crippen molar-refractivity contribution >= 4 is 23.4 Å². The van der Waals surface area contributed by atoms with Crippen molar-refractivity contribution in [2.24, 2.45) is 18.9 Å². The number of hydrogen-bond acceptors (Lipinski definition) is 9. The van der Waals surface area contributed by atoms with E-state index in [2.05, 4.69) is 30.4 Å². The second-order valence-electron chi connectivity index (χ2n) is 8.79. The molecule has 1 saturated heterocycles. The van der Waals surface area contributed by atoms with Crippen molar-refractivity contribution in [3.05, 3.63) is 54.9 Å². The van der Waals surface area contributed by atoms with Crippen LogP contribution in [-0.2, 0) is 7.05 Å². The molecule has 1 fully saturated rings. The Morgan fingerprint density at radius 3 is 2.41 bits per heavy atom. The van der Waals surface area contributed by atoms with E-state index >= 15 is 0 Å². The molecular weight excluding hydrogens is 487 g/mol. The fraction of sp³-hybridized carbons (Fsp3) is 0.292. The van der Waals surface area contributed by atoms with Crippen LogP contribution < -0.4 is 16.0 Å². The molecule has 0 aliphatic carbocycles. The zero-order chi connectivity index (χ0) is 26.2. The summed E-state index contributed by atoms with van der Waals surface area (Å²) >= 11 is 0. The van der Waals surface area contributed by atoms with Gasteiger partial charge in [-0.1, -0.05) is 12.1 Å². The van der Waals surface area contributed by atoms with Gasteiger partial charge in [0.2, 0.25) is 11.9 Å². The first-order chi connectivity index (χ1) is 17.7. The number of nitrogens with one attached hydrogen (secondary N) is 1. The molecule has 5 rings (SSSR count). The number of anilines is 4. The van der Waals surface area contributed by atoms with Crippen molar-refractivity contribution in [1.29, 1.82) is 0 Å². The summed E-state index contributed by atoms with van der Waals surface area (Å²) in [6, 6.07) is 12.7. The highest BCUT2D eigenvalue weighted by Crippen LogP contribution is 2.38. The third kappa shape index (κ3) is 5.16. The lowest BCUT2D eigenvalue weighted by atomic mass is 9.97. The van der Waals surface area contributed by atoms with Gasteiger partial charge in [-0.2, -0.15) is 18.2 Å². The van der Waals surface area contributed by atoms with Crippen molar-refractivity contribution in [3.63, 3.8) is 0 Å². The van der Waals surface area contributed by atoms with Crippen LogP contribution in [0.1, 0.15) is 0 Å². The zero-order valence-corrected chi connectivity index (χ0v) is 19.8. The first kappa shape index (κ1) is 24.4. The molecule has 0 bridgehead atoms. The highest BCUT2D eigenvalue weighted by atomic mass is 19.4. The Kier molecular flexibility index (Phi) is 6.38. The first-order valence-corrected chi connectivity index (χ1v) is 11.5. The lowest BCUT2D eigenvalue weighted by molar-refractivity contribution is -0.181. The van der Waals surface area contributed by atoms with Gasteiger partial charge in [-0.15, -0.1) is 5.10 Å². The number of rotatable bonds is 6. The molecule has 0 unspecified atom stereocenters. The van der Waals surface area contributed by atoms with Gasteiger partial charge in [-0.05, 0) is 30.3 Å². The quantitative estimate of drug-likeness (QED) is 0.357. The minimum atomic E-state index is -4.37. The third-order valence-electron chi connectivity index (χ3n) is 6.30. The Morgan fingerprint density at radius 1 is 1.03 bits per heavy atom. The predicted molar refractivity (Wildman–Crippen MR) is 132 cm³/mol. The molecule has 3 aromatic heterocycles. The summed E-state index contributed by atoms with van der Waals surface area (Å²) in [6.45, 7) is -0.670. The van der Waals surface area contributed by atoms with Crippen molar-refractivity contribution in [1.82, 2.24) is 29.7 Å². The van der Waals surface area contributed by atoms with Crippen LogP contribution in [0.2, 0.25) is 0 Å². The number of alkyl halides is 3. The van der Waals surface area contributed by atoms with Crippen LogP contribution in [0.4, 0.5) is 36.6 Å². The lowest BCUT2D eigenvalue weighted by Gasteiger charge is -2.19. The number of aliphatic hydroxyl groups excluding tert-OH is 1. The molecule has 4 heterocycles. The maximum atomic E-state index is 13.3. The SMILES string of the molecule is Cn1nc(-c2ccc(N3C[C@H](CO)[C@@H](C(F)(F)F)C3)nc2)nc1Nc1ccc(-c2ccnc(N)n2)cc1. The summed E-state index contributed by atoms with van der Waals surface area (Å²) in [6.07, 6.45) is -1.23. The lowest BCUT2D eigenvalue weighted by Crippen LogP contribution is -2.31. The zero-order valence-electron chi connectivity index (χ0n) is 19.8. The maximum Gasteiger partial charge on any atom is 0.393 e. The van der Waals surface area contributed by atoms with Gasteiger partial charge < -0.3 is 21.1 Å². The summed E-state index contributed by atoms with van der Waals surface area (Å²) < 4.78 is 41.5. The molecule has 0 saturated carbocycles. The van der Waals surface area contributed by atoms with Gasteiger partial charge in [-0.3, -0.25) is 0 Å². The van der Waals surface area contributed by atoms with Crippen LogP contribution in [0.25, 0.3) is 22.6 Å². The van der Waals surface area contributed by atoms with Crippen molar-refractivity contribution in [2.75, 3.05) is 35.6 Å². The number of nitrogens with two attached hydrogens (primary N) is 1. The second-order valence-corrected chi connectivity index (χ2v) is 8.79. The molecule has 0 amide bonds. The van der Waals surface area contributed by atoms with Crippen molar-refractivity contribution < 1.29 is 18.3 Å². The largest absolute Gasteiger partial charge is 0.396 e. The summed E-state index contributed by atoms with van der Waals surface area (Å²) in [5.74, 6) is -0.932. The second kappa shape index (κ2) is 9.65. The Hall–Kier alpha value is -4.26. The van der Waals surface area contributed by atoms with E-state index in [1.165, 1.54) is 6.20 Å². The van der Waals surface area contributed by atoms with E-state index in [0.29, 0.717) is 28.8 Å². The molecule has 1 aliphatic heterocycles. The third-order valence-corrected chi connectivity index (χ3v) is 6.30. The molecule has 0 spiro atoms. The van der Waals surface area contributed by atoms with E-state index in [4.69, 9.17) is 5.73 Å². The minimum Gasteiger partial charge on any atom is -0.396 e. The van der Waals surface area contributed by atoms with Crippen LogP contribution in [0.5, 0.6) is 0 Å². The summed E-state index contributed by atoms with van der Waals surface area (Å²) in [5.41, 5.74) is 8.66. The highest BCUT2D eigenvalue weighted by Gasteiger charge is 2.49. The molecule has 4 aromatic rings. The van der Waals surface area contributed by atoms with Crippen LogP contribution >= 0.6 is 0 Å². The highest BCUT2D eigenvalue weighted by molar-refractivity contribution is 5.66. The van der Waals surface area contributed by atoms with Crippen molar-refractivity contribution in [3.8, 4) is 22.6 Å². The molecule has 192 valence electrons. The van der Waals surface area contributed by atoms with E-state index in [1.54, 1.807) is 41.0 Å². The fourth-order valence-corrected chi connectivity index (χ4v) is 4.32. The summed E-state index contributed by atoms with van der Waals surface area (Å²) in [7, 11) is 1.75. The minimum absolute atomic E-state index is 0.0896. The van der Waals surface area contributed by atoms with Crippen LogP contribution in [0.15, 0.2) is 54.9 Å². The van der Waals surface area contributed by atoms with E-state index in [1.807, 2.05) is 24.3 Å².